The molecule has 0 bridgehead atoms. The zero-order valence-corrected chi connectivity index (χ0v) is 15.3. The van der Waals surface area contributed by atoms with Gasteiger partial charge in [0.25, 0.3) is 0 Å². The van der Waals surface area contributed by atoms with Crippen LogP contribution in [0.25, 0.3) is 0 Å². The van der Waals surface area contributed by atoms with Gasteiger partial charge in [0.2, 0.25) is 6.79 Å². The molecule has 0 unspecified atom stereocenters. The number of carbonyl (C=O) groups is 1. The third-order valence-electron chi connectivity index (χ3n) is 4.85. The van der Waals surface area contributed by atoms with Gasteiger partial charge in [-0.25, -0.2) is 4.79 Å². The first kappa shape index (κ1) is 17.5. The average Bonchev–Trinajstić information content (AvgIpc) is 3.17. The van der Waals surface area contributed by atoms with Crippen LogP contribution in [-0.2, 0) is 6.54 Å². The Labute approximate surface area is 158 Å². The van der Waals surface area contributed by atoms with E-state index < -0.39 is 0 Å². The maximum atomic E-state index is 12.5. The number of fused-ring (bicyclic) bond motifs is 1. The molecule has 7 nitrogen and oxygen atoms in total. The molecule has 0 radical (unpaired) electrons. The van der Waals surface area contributed by atoms with E-state index >= 15 is 0 Å². The Balaban J connectivity index is 1.27. The average molecular weight is 369 g/mol. The number of nitrogens with zero attached hydrogens (tertiary/aromatic N) is 2. The fourth-order valence-electron chi connectivity index (χ4n) is 3.28. The number of carbonyl (C=O) groups excluding carboxylic acids is 1. The Kier molecular flexibility index (Phi) is 5.02. The molecule has 0 aliphatic carbocycles. The van der Waals surface area contributed by atoms with Crippen LogP contribution >= 0.6 is 0 Å². The highest BCUT2D eigenvalue weighted by atomic mass is 16.7. The van der Waals surface area contributed by atoms with Crippen LogP contribution in [0.3, 0.4) is 0 Å². The van der Waals surface area contributed by atoms with E-state index in [4.69, 9.17) is 14.2 Å². The van der Waals surface area contributed by atoms with Crippen molar-refractivity contribution in [2.75, 3.05) is 45.4 Å². The maximum Gasteiger partial charge on any atom is 0.321 e. The number of urea groups is 1. The van der Waals surface area contributed by atoms with Crippen LogP contribution in [0.15, 0.2) is 42.5 Å². The summed E-state index contributed by atoms with van der Waals surface area (Å²) in [5.41, 5.74) is 1.96. The lowest BCUT2D eigenvalue weighted by molar-refractivity contribution is 0.143. The van der Waals surface area contributed by atoms with E-state index in [-0.39, 0.29) is 12.8 Å². The molecule has 2 aliphatic rings. The Hall–Kier alpha value is -2.93. The van der Waals surface area contributed by atoms with Gasteiger partial charge in [-0.2, -0.15) is 0 Å². The zero-order valence-electron chi connectivity index (χ0n) is 15.3. The normalized spacial score (nSPS) is 16.3. The number of hydrogen-bond donors (Lipinski definition) is 1. The molecule has 2 aromatic rings. The first-order chi connectivity index (χ1) is 13.2. The summed E-state index contributed by atoms with van der Waals surface area (Å²) in [4.78, 5) is 16.7. The molecule has 2 aliphatic heterocycles. The van der Waals surface area contributed by atoms with E-state index in [1.54, 1.807) is 13.2 Å². The molecule has 1 saturated heterocycles. The second-order valence-corrected chi connectivity index (χ2v) is 6.61. The fourth-order valence-corrected chi connectivity index (χ4v) is 3.28. The van der Waals surface area contributed by atoms with Crippen LogP contribution in [0, 0.1) is 0 Å². The van der Waals surface area contributed by atoms with Crippen LogP contribution in [0.1, 0.15) is 5.56 Å². The van der Waals surface area contributed by atoms with Crippen LogP contribution in [-0.4, -0.2) is 55.9 Å². The summed E-state index contributed by atoms with van der Waals surface area (Å²) in [6, 6.07) is 13.5. The summed E-state index contributed by atoms with van der Waals surface area (Å²) < 4.78 is 15.8. The Morgan fingerprint density at radius 3 is 2.52 bits per heavy atom. The predicted octanol–water partition coefficient (Wildman–Crippen LogP) is 2.77. The lowest BCUT2D eigenvalue weighted by atomic mass is 10.2. The molecule has 1 fully saturated rings. The van der Waals surface area contributed by atoms with E-state index in [1.807, 2.05) is 29.2 Å². The summed E-state index contributed by atoms with van der Waals surface area (Å²) in [6.07, 6.45) is 0. The van der Waals surface area contributed by atoms with Gasteiger partial charge in [0, 0.05) is 44.5 Å². The molecule has 2 aromatic carbocycles. The van der Waals surface area contributed by atoms with Crippen molar-refractivity contribution in [2.24, 2.45) is 0 Å². The fraction of sp³-hybridized carbons (Fsp3) is 0.350. The number of anilines is 1. The summed E-state index contributed by atoms with van der Waals surface area (Å²) in [5.74, 6) is 2.24. The molecule has 0 saturated carbocycles. The molecule has 2 amide bonds. The Morgan fingerprint density at radius 2 is 1.78 bits per heavy atom. The van der Waals surface area contributed by atoms with Crippen molar-refractivity contribution in [3.63, 3.8) is 0 Å². The van der Waals surface area contributed by atoms with Gasteiger partial charge < -0.3 is 24.4 Å². The number of nitrogens with one attached hydrogen (secondary N) is 1. The van der Waals surface area contributed by atoms with Crippen molar-refractivity contribution in [3.05, 3.63) is 48.0 Å². The zero-order chi connectivity index (χ0) is 18.6. The minimum absolute atomic E-state index is 0.0852. The van der Waals surface area contributed by atoms with Crippen molar-refractivity contribution in [1.82, 2.24) is 9.80 Å². The van der Waals surface area contributed by atoms with Crippen LogP contribution < -0.4 is 19.5 Å². The second kappa shape index (κ2) is 7.75. The molecule has 142 valence electrons. The highest BCUT2D eigenvalue weighted by molar-refractivity contribution is 5.89. The lowest BCUT2D eigenvalue weighted by Crippen LogP contribution is -2.49. The SMILES string of the molecule is COc1ccc(CN2CCN(C(=O)Nc3ccc4c(c3)OCO4)CC2)cc1. The topological polar surface area (TPSA) is 63.3 Å². The molecule has 1 N–H and O–H groups in total. The van der Waals surface area contributed by atoms with Gasteiger partial charge in [0.15, 0.2) is 11.5 Å². The van der Waals surface area contributed by atoms with E-state index in [1.165, 1.54) is 5.56 Å². The van der Waals surface area contributed by atoms with Gasteiger partial charge >= 0.3 is 6.03 Å². The van der Waals surface area contributed by atoms with E-state index in [0.29, 0.717) is 30.3 Å². The third-order valence-corrected chi connectivity index (χ3v) is 4.85. The number of hydrogen-bond acceptors (Lipinski definition) is 5. The van der Waals surface area contributed by atoms with Gasteiger partial charge in [-0.3, -0.25) is 4.90 Å². The second-order valence-electron chi connectivity index (χ2n) is 6.61. The van der Waals surface area contributed by atoms with E-state index in [2.05, 4.69) is 22.3 Å². The predicted molar refractivity (Wildman–Crippen MR) is 101 cm³/mol. The van der Waals surface area contributed by atoms with Gasteiger partial charge in [-0.05, 0) is 29.8 Å². The van der Waals surface area contributed by atoms with E-state index in [9.17, 15) is 4.79 Å². The summed E-state index contributed by atoms with van der Waals surface area (Å²) in [7, 11) is 1.67. The Bertz CT molecular complexity index is 801. The highest BCUT2D eigenvalue weighted by Gasteiger charge is 2.22. The molecule has 0 aromatic heterocycles. The van der Waals surface area contributed by atoms with Gasteiger partial charge in [-0.15, -0.1) is 0 Å². The van der Waals surface area contributed by atoms with Crippen molar-refractivity contribution in [2.45, 2.75) is 6.54 Å². The first-order valence-electron chi connectivity index (χ1n) is 9.02. The molecule has 27 heavy (non-hydrogen) atoms. The number of methoxy groups -OCH3 is 1. The summed E-state index contributed by atoms with van der Waals surface area (Å²) in [5, 5.41) is 2.94. The first-order valence-corrected chi connectivity index (χ1v) is 9.02. The summed E-state index contributed by atoms with van der Waals surface area (Å²) >= 11 is 0. The molecule has 4 rings (SSSR count). The number of piperazine rings is 1. The summed E-state index contributed by atoms with van der Waals surface area (Å²) in [6.45, 7) is 4.20. The van der Waals surface area contributed by atoms with Crippen LogP contribution in [0.5, 0.6) is 17.2 Å². The lowest BCUT2D eigenvalue weighted by Gasteiger charge is -2.34. The minimum atomic E-state index is -0.0852. The molecule has 0 atom stereocenters. The third kappa shape index (κ3) is 4.09. The molecule has 0 spiro atoms. The van der Waals surface area contributed by atoms with Gasteiger partial charge in [0.05, 0.1) is 7.11 Å². The molecular formula is C20H23N3O4. The van der Waals surface area contributed by atoms with Crippen LogP contribution in [0.4, 0.5) is 10.5 Å². The quantitative estimate of drug-likeness (QED) is 0.898. The number of amides is 2. The van der Waals surface area contributed by atoms with Crippen molar-refractivity contribution in [3.8, 4) is 17.2 Å². The number of rotatable bonds is 4. The molecule has 7 heteroatoms. The highest BCUT2D eigenvalue weighted by Crippen LogP contribution is 2.34. The largest absolute Gasteiger partial charge is 0.497 e. The Morgan fingerprint density at radius 1 is 1.04 bits per heavy atom. The van der Waals surface area contributed by atoms with Crippen molar-refractivity contribution in [1.29, 1.82) is 0 Å². The monoisotopic (exact) mass is 369 g/mol. The minimum Gasteiger partial charge on any atom is -0.497 e. The van der Waals surface area contributed by atoms with Crippen LogP contribution in [0.2, 0.25) is 0 Å². The number of ether oxygens (including phenoxy) is 3. The van der Waals surface area contributed by atoms with Crippen molar-refractivity contribution < 1.29 is 19.0 Å². The van der Waals surface area contributed by atoms with Gasteiger partial charge in [-0.1, -0.05) is 12.1 Å². The molecule has 2 heterocycles. The molecular weight excluding hydrogens is 346 g/mol. The van der Waals surface area contributed by atoms with E-state index in [0.717, 1.165) is 25.4 Å². The standard InChI is InChI=1S/C20H23N3O4/c1-25-17-5-2-15(3-6-17)13-22-8-10-23(11-9-22)20(24)21-16-4-7-18-19(12-16)27-14-26-18/h2-7,12H,8-11,13-14H2,1H3,(H,21,24). The number of benzene rings is 2. The smallest absolute Gasteiger partial charge is 0.321 e. The van der Waals surface area contributed by atoms with Crippen molar-refractivity contribution >= 4 is 11.7 Å². The van der Waals surface area contributed by atoms with Gasteiger partial charge in [0.1, 0.15) is 5.75 Å². The maximum absolute atomic E-state index is 12.5.